The van der Waals surface area contributed by atoms with E-state index < -0.39 is 6.10 Å². The molecule has 0 bridgehead atoms. The smallest absolute Gasteiger partial charge is 0.133 e. The number of aryl methyl sites for hydroxylation is 1. The minimum Gasteiger partial charge on any atom is -0.382 e. The van der Waals surface area contributed by atoms with E-state index in [1.54, 1.807) is 28.9 Å². The Labute approximate surface area is 166 Å². The molecule has 0 fully saturated rings. The van der Waals surface area contributed by atoms with Gasteiger partial charge >= 0.3 is 0 Å². The molecule has 0 spiro atoms. The highest BCUT2D eigenvalue weighted by Crippen LogP contribution is 2.29. The second kappa shape index (κ2) is 8.00. The van der Waals surface area contributed by atoms with E-state index in [2.05, 4.69) is 34.1 Å². The predicted molar refractivity (Wildman–Crippen MR) is 112 cm³/mol. The third kappa shape index (κ3) is 4.08. The van der Waals surface area contributed by atoms with Gasteiger partial charge < -0.3 is 10.4 Å². The summed E-state index contributed by atoms with van der Waals surface area (Å²) < 4.78 is 0. The molecule has 27 heavy (non-hydrogen) atoms. The number of aliphatic hydroxyl groups excluding tert-OH is 1. The van der Waals surface area contributed by atoms with E-state index in [1.165, 1.54) is 4.88 Å². The van der Waals surface area contributed by atoms with Gasteiger partial charge in [-0.25, -0.2) is 4.98 Å². The van der Waals surface area contributed by atoms with E-state index in [4.69, 9.17) is 4.98 Å². The lowest BCUT2D eigenvalue weighted by Gasteiger charge is -2.14. The molecule has 0 aliphatic rings. The summed E-state index contributed by atoms with van der Waals surface area (Å²) in [4.78, 5) is 10.2. The number of anilines is 1. The summed E-state index contributed by atoms with van der Waals surface area (Å²) in [5.74, 6) is 0. The first-order valence-corrected chi connectivity index (χ1v) is 10.4. The number of aromatic nitrogens is 2. The first kappa shape index (κ1) is 17.9. The number of nitrogens with zero attached hydrogens (tertiary/aromatic N) is 2. The third-order valence-corrected chi connectivity index (χ3v) is 6.22. The molecule has 0 aliphatic heterocycles. The van der Waals surface area contributed by atoms with Crippen molar-refractivity contribution in [2.45, 2.75) is 19.6 Å². The van der Waals surface area contributed by atoms with E-state index in [1.807, 2.05) is 42.5 Å². The van der Waals surface area contributed by atoms with E-state index in [9.17, 15) is 5.11 Å². The Morgan fingerprint density at radius 1 is 1.11 bits per heavy atom. The molecule has 0 saturated carbocycles. The van der Waals surface area contributed by atoms with Crippen LogP contribution in [-0.2, 0) is 6.54 Å². The number of thiazole rings is 1. The van der Waals surface area contributed by atoms with Gasteiger partial charge in [-0.1, -0.05) is 24.3 Å². The Balaban J connectivity index is 1.49. The van der Waals surface area contributed by atoms with Crippen LogP contribution < -0.4 is 5.32 Å². The number of thiophene rings is 1. The third-order valence-electron chi connectivity index (χ3n) is 4.29. The van der Waals surface area contributed by atoms with E-state index in [0.717, 1.165) is 27.5 Å². The summed E-state index contributed by atoms with van der Waals surface area (Å²) in [5, 5.41) is 19.3. The Bertz CT molecular complexity index is 1010. The van der Waals surface area contributed by atoms with Crippen LogP contribution in [-0.4, -0.2) is 15.1 Å². The lowest BCUT2D eigenvalue weighted by Crippen LogP contribution is -2.05. The molecular weight excluding hydrogens is 374 g/mol. The summed E-state index contributed by atoms with van der Waals surface area (Å²) in [6.45, 7) is 2.70. The molecule has 0 aliphatic carbocycles. The molecule has 0 saturated heterocycles. The number of pyridine rings is 1. The second-order valence-corrected chi connectivity index (χ2v) is 8.01. The minimum atomic E-state index is -0.739. The first-order valence-electron chi connectivity index (χ1n) is 8.62. The number of rotatable bonds is 6. The quantitative estimate of drug-likeness (QED) is 0.469. The minimum absolute atomic E-state index is 0.645. The van der Waals surface area contributed by atoms with Gasteiger partial charge in [0.1, 0.15) is 11.1 Å². The molecule has 0 radical (unpaired) electrons. The van der Waals surface area contributed by atoms with Crippen molar-refractivity contribution in [3.05, 3.63) is 88.0 Å². The molecule has 0 amide bonds. The maximum atomic E-state index is 10.6. The van der Waals surface area contributed by atoms with E-state index in [-0.39, 0.29) is 0 Å². The van der Waals surface area contributed by atoms with Crippen LogP contribution in [0.2, 0.25) is 0 Å². The van der Waals surface area contributed by atoms with Crippen LogP contribution in [0.1, 0.15) is 28.6 Å². The molecule has 136 valence electrons. The fraction of sp³-hybridized carbons (Fsp3) is 0.143. The first-order chi connectivity index (χ1) is 13.2. The lowest BCUT2D eigenvalue weighted by atomic mass is 10.0. The molecule has 1 aromatic carbocycles. The molecule has 4 rings (SSSR count). The van der Waals surface area contributed by atoms with Gasteiger partial charge in [0.25, 0.3) is 0 Å². The molecule has 1 atom stereocenters. The zero-order chi connectivity index (χ0) is 18.6. The van der Waals surface area contributed by atoms with Gasteiger partial charge in [-0.15, -0.1) is 22.7 Å². The van der Waals surface area contributed by atoms with Gasteiger partial charge in [-0.3, -0.25) is 4.98 Å². The molecule has 3 heterocycles. The zero-order valence-electron chi connectivity index (χ0n) is 14.8. The van der Waals surface area contributed by atoms with Gasteiger partial charge in [0.05, 0.1) is 22.8 Å². The zero-order valence-corrected chi connectivity index (χ0v) is 16.4. The molecule has 3 aromatic heterocycles. The predicted octanol–water partition coefficient (Wildman–Crippen LogP) is 5.27. The standard InChI is InChI=1S/C21H19N3OS2/c1-14-7-8-15(20(25)17-5-2-3-9-22-17)11-18(14)23-12-16-13-27-21(24-16)19-6-4-10-26-19/h2-11,13,20,23,25H,12H2,1H3/t20-/m0/s1. The number of nitrogens with one attached hydrogen (secondary N) is 1. The normalized spacial score (nSPS) is 12.1. The van der Waals surface area contributed by atoms with Gasteiger partial charge in [0.2, 0.25) is 0 Å². The highest BCUT2D eigenvalue weighted by Gasteiger charge is 2.13. The van der Waals surface area contributed by atoms with Crippen LogP contribution >= 0.6 is 22.7 Å². The molecule has 0 unspecified atom stereocenters. The summed E-state index contributed by atoms with van der Waals surface area (Å²) in [6, 6.07) is 15.6. The summed E-state index contributed by atoms with van der Waals surface area (Å²) in [7, 11) is 0. The molecule has 4 aromatic rings. The monoisotopic (exact) mass is 393 g/mol. The van der Waals surface area contributed by atoms with Crippen LogP contribution in [0.25, 0.3) is 9.88 Å². The van der Waals surface area contributed by atoms with Crippen molar-refractivity contribution in [2.24, 2.45) is 0 Å². The van der Waals surface area contributed by atoms with Crippen LogP contribution in [0.3, 0.4) is 0 Å². The van der Waals surface area contributed by atoms with Crippen molar-refractivity contribution in [3.8, 4) is 9.88 Å². The fourth-order valence-electron chi connectivity index (χ4n) is 2.80. The molecular formula is C21H19N3OS2. The number of benzene rings is 1. The van der Waals surface area contributed by atoms with Crippen molar-refractivity contribution >= 4 is 28.4 Å². The molecule has 6 heteroatoms. The maximum Gasteiger partial charge on any atom is 0.133 e. The molecule has 2 N–H and O–H groups in total. The Morgan fingerprint density at radius 3 is 2.81 bits per heavy atom. The number of aliphatic hydroxyl groups is 1. The summed E-state index contributed by atoms with van der Waals surface area (Å²) in [6.07, 6.45) is 0.955. The highest BCUT2D eigenvalue weighted by atomic mass is 32.1. The average molecular weight is 394 g/mol. The summed E-state index contributed by atoms with van der Waals surface area (Å²) in [5.41, 5.74) is 4.60. The van der Waals surface area contributed by atoms with Crippen molar-refractivity contribution < 1.29 is 5.11 Å². The fourth-order valence-corrected chi connectivity index (χ4v) is 4.43. The molecule has 4 nitrogen and oxygen atoms in total. The topological polar surface area (TPSA) is 58.0 Å². The van der Waals surface area contributed by atoms with Crippen LogP contribution in [0.15, 0.2) is 65.5 Å². The lowest BCUT2D eigenvalue weighted by molar-refractivity contribution is 0.215. The van der Waals surface area contributed by atoms with Crippen molar-refractivity contribution in [1.29, 1.82) is 0 Å². The summed E-state index contributed by atoms with van der Waals surface area (Å²) >= 11 is 3.37. The number of hydrogen-bond acceptors (Lipinski definition) is 6. The second-order valence-electron chi connectivity index (χ2n) is 6.21. The van der Waals surface area contributed by atoms with Gasteiger partial charge in [-0.2, -0.15) is 0 Å². The van der Waals surface area contributed by atoms with Crippen molar-refractivity contribution in [2.75, 3.05) is 5.32 Å². The number of hydrogen-bond donors (Lipinski definition) is 2. The SMILES string of the molecule is Cc1ccc([C@H](O)c2ccccn2)cc1NCc1csc(-c2cccs2)n1. The maximum absolute atomic E-state index is 10.6. The van der Waals surface area contributed by atoms with Gasteiger partial charge in [-0.05, 0) is 47.7 Å². The Morgan fingerprint density at radius 2 is 2.04 bits per heavy atom. The Kier molecular flexibility index (Phi) is 5.29. The van der Waals surface area contributed by atoms with E-state index >= 15 is 0 Å². The van der Waals surface area contributed by atoms with Crippen LogP contribution in [0, 0.1) is 6.92 Å². The highest BCUT2D eigenvalue weighted by molar-refractivity contribution is 7.20. The Hall–Kier alpha value is -2.54. The average Bonchev–Trinajstić information content (AvgIpc) is 3.39. The largest absolute Gasteiger partial charge is 0.382 e. The van der Waals surface area contributed by atoms with Crippen LogP contribution in [0.5, 0.6) is 0 Å². The van der Waals surface area contributed by atoms with Crippen molar-refractivity contribution in [3.63, 3.8) is 0 Å². The van der Waals surface area contributed by atoms with E-state index in [0.29, 0.717) is 12.2 Å². The van der Waals surface area contributed by atoms with Crippen molar-refractivity contribution in [1.82, 2.24) is 9.97 Å². The van der Waals surface area contributed by atoms with Crippen LogP contribution in [0.4, 0.5) is 5.69 Å². The van der Waals surface area contributed by atoms with Gasteiger partial charge in [0, 0.05) is 17.3 Å². The van der Waals surface area contributed by atoms with Gasteiger partial charge in [0.15, 0.2) is 0 Å².